The van der Waals surface area contributed by atoms with Gasteiger partial charge in [-0.1, -0.05) is 6.07 Å². The topological polar surface area (TPSA) is 97.1 Å². The van der Waals surface area contributed by atoms with E-state index in [1.54, 1.807) is 7.05 Å². The van der Waals surface area contributed by atoms with Crippen LogP contribution >= 0.6 is 0 Å². The van der Waals surface area contributed by atoms with Crippen molar-refractivity contribution < 1.29 is 17.9 Å². The van der Waals surface area contributed by atoms with Crippen LogP contribution in [0, 0.1) is 5.82 Å². The summed E-state index contributed by atoms with van der Waals surface area (Å²) < 4.78 is 41.2. The Balaban J connectivity index is 2.21. The molecule has 0 spiro atoms. The predicted molar refractivity (Wildman–Crippen MR) is 67.4 cm³/mol. The minimum Gasteiger partial charge on any atom is -0.392 e. The zero-order valence-corrected chi connectivity index (χ0v) is 11.4. The molecule has 20 heavy (non-hydrogen) atoms. The van der Waals surface area contributed by atoms with Gasteiger partial charge in [0.15, 0.2) is 5.82 Å². The first-order valence-corrected chi connectivity index (χ1v) is 7.14. The van der Waals surface area contributed by atoms with Gasteiger partial charge in [0.25, 0.3) is 0 Å². The highest BCUT2D eigenvalue weighted by atomic mass is 32.2. The zero-order chi connectivity index (χ0) is 14.8. The number of hydrogen-bond acceptors (Lipinski definition) is 5. The Morgan fingerprint density at radius 2 is 2.20 bits per heavy atom. The quantitative estimate of drug-likeness (QED) is 0.805. The van der Waals surface area contributed by atoms with E-state index in [1.807, 2.05) is 0 Å². The third-order valence-corrected chi connectivity index (χ3v) is 3.95. The minimum atomic E-state index is -4.04. The molecule has 108 valence electrons. The van der Waals surface area contributed by atoms with Gasteiger partial charge in [0, 0.05) is 7.05 Å². The van der Waals surface area contributed by atoms with Crippen molar-refractivity contribution in [1.29, 1.82) is 0 Å². The maximum atomic E-state index is 13.6. The van der Waals surface area contributed by atoms with Gasteiger partial charge in [-0.15, -0.1) is 0 Å². The lowest BCUT2D eigenvalue weighted by Crippen LogP contribution is -2.25. The molecule has 0 atom stereocenters. The molecule has 0 saturated carbocycles. The molecular weight excluding hydrogens is 287 g/mol. The van der Waals surface area contributed by atoms with Crippen LogP contribution in [0.4, 0.5) is 4.39 Å². The summed E-state index contributed by atoms with van der Waals surface area (Å²) in [7, 11) is -2.39. The number of rotatable bonds is 5. The number of nitrogens with one attached hydrogen (secondary N) is 1. The number of benzene rings is 1. The monoisotopic (exact) mass is 300 g/mol. The summed E-state index contributed by atoms with van der Waals surface area (Å²) in [5.74, 6) is -0.613. The van der Waals surface area contributed by atoms with Crippen LogP contribution in [0.25, 0.3) is 0 Å². The molecular formula is C11H13FN4O3S. The van der Waals surface area contributed by atoms with E-state index in [-0.39, 0.29) is 19.0 Å². The van der Waals surface area contributed by atoms with E-state index < -0.39 is 20.7 Å². The van der Waals surface area contributed by atoms with Crippen LogP contribution in [0.1, 0.15) is 11.4 Å². The van der Waals surface area contributed by atoms with Gasteiger partial charge in [-0.25, -0.2) is 22.5 Å². The smallest absolute Gasteiger partial charge is 0.243 e. The Kier molecular flexibility index (Phi) is 4.12. The first-order chi connectivity index (χ1) is 9.42. The summed E-state index contributed by atoms with van der Waals surface area (Å²) >= 11 is 0. The van der Waals surface area contributed by atoms with Gasteiger partial charge < -0.3 is 5.11 Å². The Labute approximate surface area is 115 Å². The van der Waals surface area contributed by atoms with Gasteiger partial charge in [-0.3, -0.25) is 4.68 Å². The number of aliphatic hydroxyl groups excluding tert-OH is 1. The van der Waals surface area contributed by atoms with Gasteiger partial charge in [-0.2, -0.15) is 5.10 Å². The standard InChI is InChI=1S/C11H13FN4O3S/c1-16-7-13-11(15-16)5-14-20(18,19)10-4-8(6-17)2-3-9(10)12/h2-4,7,14,17H,5-6H2,1H3. The molecule has 1 aromatic heterocycles. The summed E-state index contributed by atoms with van der Waals surface area (Å²) in [5.41, 5.74) is 0.308. The summed E-state index contributed by atoms with van der Waals surface area (Å²) in [6.07, 6.45) is 1.43. The zero-order valence-electron chi connectivity index (χ0n) is 10.6. The average molecular weight is 300 g/mol. The van der Waals surface area contributed by atoms with Crippen molar-refractivity contribution >= 4 is 10.0 Å². The first kappa shape index (κ1) is 14.6. The lowest BCUT2D eigenvalue weighted by Gasteiger charge is -2.07. The SMILES string of the molecule is Cn1cnc(CNS(=O)(=O)c2cc(CO)ccc2F)n1. The van der Waals surface area contributed by atoms with E-state index in [0.29, 0.717) is 5.56 Å². The van der Waals surface area contributed by atoms with E-state index in [1.165, 1.54) is 17.1 Å². The fourth-order valence-electron chi connectivity index (χ4n) is 1.55. The fraction of sp³-hybridized carbons (Fsp3) is 0.273. The number of sulfonamides is 1. The highest BCUT2D eigenvalue weighted by molar-refractivity contribution is 7.89. The second kappa shape index (κ2) is 5.65. The van der Waals surface area contributed by atoms with Crippen LogP contribution in [-0.4, -0.2) is 28.3 Å². The number of hydrogen-bond donors (Lipinski definition) is 2. The second-order valence-electron chi connectivity index (χ2n) is 4.08. The number of halogens is 1. The minimum absolute atomic E-state index is 0.147. The van der Waals surface area contributed by atoms with E-state index in [2.05, 4.69) is 14.8 Å². The van der Waals surface area contributed by atoms with Crippen molar-refractivity contribution in [2.45, 2.75) is 18.0 Å². The van der Waals surface area contributed by atoms with Gasteiger partial charge >= 0.3 is 0 Å². The summed E-state index contributed by atoms with van der Waals surface area (Å²) in [4.78, 5) is 3.35. The van der Waals surface area contributed by atoms with E-state index in [0.717, 1.165) is 12.1 Å². The van der Waals surface area contributed by atoms with Crippen LogP contribution in [0.3, 0.4) is 0 Å². The van der Waals surface area contributed by atoms with Crippen LogP contribution in [0.15, 0.2) is 29.4 Å². The van der Waals surface area contributed by atoms with Crippen molar-refractivity contribution in [3.05, 3.63) is 41.7 Å². The molecule has 9 heteroatoms. The van der Waals surface area contributed by atoms with Gasteiger partial charge in [-0.05, 0) is 17.7 Å². The van der Waals surface area contributed by atoms with Crippen molar-refractivity contribution in [3.8, 4) is 0 Å². The third kappa shape index (κ3) is 3.18. The summed E-state index contributed by atoms with van der Waals surface area (Å²) in [6, 6.07) is 3.40. The van der Waals surface area contributed by atoms with Crippen molar-refractivity contribution in [2.75, 3.05) is 0 Å². The molecule has 0 radical (unpaired) electrons. The summed E-state index contributed by atoms with van der Waals surface area (Å²) in [5, 5.41) is 12.9. The Bertz CT molecular complexity index is 714. The van der Waals surface area contributed by atoms with Crippen molar-refractivity contribution in [1.82, 2.24) is 19.5 Å². The molecule has 2 aromatic rings. The third-order valence-electron chi connectivity index (χ3n) is 2.54. The van der Waals surface area contributed by atoms with Crippen LogP contribution < -0.4 is 4.72 Å². The normalized spacial score (nSPS) is 11.8. The van der Waals surface area contributed by atoms with Crippen LogP contribution in [-0.2, 0) is 30.2 Å². The second-order valence-corrected chi connectivity index (χ2v) is 5.82. The van der Waals surface area contributed by atoms with Crippen molar-refractivity contribution in [2.24, 2.45) is 7.05 Å². The highest BCUT2D eigenvalue weighted by Gasteiger charge is 2.20. The first-order valence-electron chi connectivity index (χ1n) is 5.66. The fourth-order valence-corrected chi connectivity index (χ4v) is 2.66. The molecule has 0 aliphatic rings. The molecule has 1 aromatic carbocycles. The number of nitrogens with zero attached hydrogens (tertiary/aromatic N) is 3. The molecule has 0 aliphatic carbocycles. The number of aryl methyl sites for hydroxylation is 1. The molecule has 0 amide bonds. The van der Waals surface area contributed by atoms with Crippen LogP contribution in [0.5, 0.6) is 0 Å². The van der Waals surface area contributed by atoms with Gasteiger partial charge in [0.05, 0.1) is 13.2 Å². The maximum Gasteiger partial charge on any atom is 0.243 e. The molecule has 0 bridgehead atoms. The van der Waals surface area contributed by atoms with E-state index in [9.17, 15) is 12.8 Å². The maximum absolute atomic E-state index is 13.6. The molecule has 1 heterocycles. The van der Waals surface area contributed by atoms with E-state index >= 15 is 0 Å². The molecule has 0 aliphatic heterocycles. The van der Waals surface area contributed by atoms with E-state index in [4.69, 9.17) is 5.11 Å². The molecule has 7 nitrogen and oxygen atoms in total. The Hall–Kier alpha value is -1.84. The lowest BCUT2D eigenvalue weighted by molar-refractivity contribution is 0.281. The largest absolute Gasteiger partial charge is 0.392 e. The number of aromatic nitrogens is 3. The average Bonchev–Trinajstić information content (AvgIpc) is 2.83. The van der Waals surface area contributed by atoms with Crippen molar-refractivity contribution in [3.63, 3.8) is 0 Å². The molecule has 0 saturated heterocycles. The number of aliphatic hydroxyl groups is 1. The molecule has 0 fully saturated rings. The molecule has 0 unspecified atom stereocenters. The van der Waals surface area contributed by atoms with Crippen LogP contribution in [0.2, 0.25) is 0 Å². The van der Waals surface area contributed by atoms with Gasteiger partial charge in [0.1, 0.15) is 17.0 Å². The predicted octanol–water partition coefficient (Wildman–Crippen LogP) is -0.0750. The Morgan fingerprint density at radius 1 is 1.45 bits per heavy atom. The summed E-state index contributed by atoms with van der Waals surface area (Å²) in [6.45, 7) is -0.517. The molecule has 2 rings (SSSR count). The lowest BCUT2D eigenvalue weighted by atomic mass is 10.2. The highest BCUT2D eigenvalue weighted by Crippen LogP contribution is 2.16. The Morgan fingerprint density at radius 3 is 2.80 bits per heavy atom. The molecule has 2 N–H and O–H groups in total. The van der Waals surface area contributed by atoms with Gasteiger partial charge in [0.2, 0.25) is 10.0 Å².